The number of aliphatic hydroxyl groups excluding tert-OH is 2. The van der Waals surface area contributed by atoms with Crippen LogP contribution in [0, 0.1) is 0 Å². The Hall–Kier alpha value is -1.92. The third-order valence-corrected chi connectivity index (χ3v) is 20.4. The summed E-state index contributed by atoms with van der Waals surface area (Å²) in [6.45, 7) is 4.98. The zero-order valence-corrected chi connectivity index (χ0v) is 64.0. The first kappa shape index (κ1) is 92.1. The molecule has 0 aromatic rings. The highest BCUT2D eigenvalue weighted by Crippen LogP contribution is 2.21. The fraction of sp³-hybridized carbons (Fsp3) is 0.909. The summed E-state index contributed by atoms with van der Waals surface area (Å²) in [5.41, 5.74) is 0. The van der Waals surface area contributed by atoms with Crippen LogP contribution in [0.1, 0.15) is 489 Å². The number of unbranched alkanes of at least 4 members (excludes halogenated alkanes) is 65. The molecular weight excluding hydrogens is 1150 g/mol. The van der Waals surface area contributed by atoms with E-state index in [1.807, 2.05) is 0 Å². The molecule has 0 radical (unpaired) electrons. The first-order valence-electron chi connectivity index (χ1n) is 43.2. The van der Waals surface area contributed by atoms with Crippen molar-refractivity contribution < 1.29 is 24.5 Å². The van der Waals surface area contributed by atoms with Crippen molar-refractivity contribution >= 4 is 11.9 Å². The lowest BCUT2D eigenvalue weighted by atomic mass is 10.0. The van der Waals surface area contributed by atoms with E-state index in [0.717, 1.165) is 51.4 Å². The number of rotatable bonds is 82. The quantitative estimate of drug-likeness (QED) is 0.0320. The normalized spacial score (nSPS) is 12.6. The molecular formula is C88H169NO5. The number of allylic oxidation sites excluding steroid dienone is 6. The maximum atomic E-state index is 12.6. The van der Waals surface area contributed by atoms with Crippen molar-refractivity contribution in [2.45, 2.75) is 501 Å². The minimum absolute atomic E-state index is 0.00823. The molecule has 0 fully saturated rings. The van der Waals surface area contributed by atoms with Crippen LogP contribution in [0.15, 0.2) is 36.5 Å². The lowest BCUT2D eigenvalue weighted by Gasteiger charge is -2.22. The molecule has 0 heterocycles. The van der Waals surface area contributed by atoms with Gasteiger partial charge in [-0.1, -0.05) is 429 Å². The monoisotopic (exact) mass is 1320 g/mol. The average molecular weight is 1320 g/mol. The molecule has 6 heteroatoms. The summed E-state index contributed by atoms with van der Waals surface area (Å²) in [4.78, 5) is 24.7. The minimum Gasteiger partial charge on any atom is -0.466 e. The van der Waals surface area contributed by atoms with Crippen LogP contribution in [0.3, 0.4) is 0 Å². The first-order valence-corrected chi connectivity index (χ1v) is 43.2. The smallest absolute Gasteiger partial charge is 0.305 e. The van der Waals surface area contributed by atoms with Crippen LogP contribution < -0.4 is 5.32 Å². The molecule has 0 aliphatic carbocycles. The zero-order chi connectivity index (χ0) is 67.7. The Kier molecular flexibility index (Phi) is 81.8. The number of hydrogen-bond acceptors (Lipinski definition) is 5. The van der Waals surface area contributed by atoms with Crippen molar-refractivity contribution in [3.63, 3.8) is 0 Å². The van der Waals surface area contributed by atoms with Crippen LogP contribution in [0.4, 0.5) is 0 Å². The SMILES string of the molecule is CCCCC/C=C\C/C=C\CCCCCCCC(=O)OCCCCCCCCCCCCCCCCCC/C=C\CCCCCCCCCCCCCCCCCCCC(=O)NC(CO)C(O)CCCCCCCCCCCCCCCCCCCCCCCCCCC. The van der Waals surface area contributed by atoms with Crippen LogP contribution in [-0.4, -0.2) is 47.4 Å². The van der Waals surface area contributed by atoms with Gasteiger partial charge in [0.15, 0.2) is 0 Å². The van der Waals surface area contributed by atoms with Gasteiger partial charge in [-0.2, -0.15) is 0 Å². The van der Waals surface area contributed by atoms with Crippen LogP contribution in [0.25, 0.3) is 0 Å². The van der Waals surface area contributed by atoms with Crippen LogP contribution in [-0.2, 0) is 14.3 Å². The zero-order valence-electron chi connectivity index (χ0n) is 64.0. The summed E-state index contributed by atoms with van der Waals surface area (Å²) < 4.78 is 5.50. The summed E-state index contributed by atoms with van der Waals surface area (Å²) in [6, 6.07) is -0.540. The fourth-order valence-electron chi connectivity index (χ4n) is 13.8. The van der Waals surface area contributed by atoms with E-state index < -0.39 is 12.1 Å². The molecule has 0 rings (SSSR count). The molecule has 3 N–H and O–H groups in total. The first-order chi connectivity index (χ1) is 46.5. The van der Waals surface area contributed by atoms with Gasteiger partial charge in [0.2, 0.25) is 5.91 Å². The molecule has 2 unspecified atom stereocenters. The van der Waals surface area contributed by atoms with E-state index in [1.54, 1.807) is 0 Å². The van der Waals surface area contributed by atoms with Crippen LogP contribution >= 0.6 is 0 Å². The molecule has 94 heavy (non-hydrogen) atoms. The standard InChI is InChI=1S/C88H169NO5/c1-3-5-7-9-11-13-15-17-19-20-21-22-23-37-40-43-46-49-53-56-60-64-68-72-76-80-86(91)85(84-90)89-87(92)81-77-73-69-65-61-57-54-50-47-44-41-38-35-33-31-29-27-25-24-26-28-30-32-34-36-39-42-45-48-51-55-59-63-67-71-75-79-83-94-88(93)82-78-74-70-66-62-58-52-18-16-14-12-10-8-6-4-2/h12,14,18,24,26,52,85-86,90-91H,3-11,13,15-17,19-23,25,27-51,53-84H2,1-2H3,(H,89,92)/b14-12-,26-24-,52-18-. The Morgan fingerprint density at radius 1 is 0.298 bits per heavy atom. The van der Waals surface area contributed by atoms with Crippen molar-refractivity contribution in [3.8, 4) is 0 Å². The summed E-state index contributed by atoms with van der Waals surface area (Å²) in [5.74, 6) is -0.0166. The summed E-state index contributed by atoms with van der Waals surface area (Å²) >= 11 is 0. The van der Waals surface area contributed by atoms with Crippen molar-refractivity contribution in [2.75, 3.05) is 13.2 Å². The van der Waals surface area contributed by atoms with Gasteiger partial charge in [0.05, 0.1) is 25.4 Å². The van der Waals surface area contributed by atoms with E-state index in [4.69, 9.17) is 4.74 Å². The summed E-state index contributed by atoms with van der Waals surface area (Å²) in [5, 5.41) is 23.5. The average Bonchev–Trinajstić information content (AvgIpc) is 3.59. The summed E-state index contributed by atoms with van der Waals surface area (Å²) in [7, 11) is 0. The molecule has 0 saturated carbocycles. The third-order valence-electron chi connectivity index (χ3n) is 20.4. The Morgan fingerprint density at radius 2 is 0.532 bits per heavy atom. The van der Waals surface area contributed by atoms with Crippen molar-refractivity contribution in [3.05, 3.63) is 36.5 Å². The van der Waals surface area contributed by atoms with Crippen molar-refractivity contribution in [2.24, 2.45) is 0 Å². The molecule has 556 valence electrons. The number of amides is 1. The Balaban J connectivity index is 3.34. The van der Waals surface area contributed by atoms with Crippen LogP contribution in [0.2, 0.25) is 0 Å². The van der Waals surface area contributed by atoms with Gasteiger partial charge in [-0.3, -0.25) is 9.59 Å². The van der Waals surface area contributed by atoms with E-state index >= 15 is 0 Å². The predicted molar refractivity (Wildman–Crippen MR) is 416 cm³/mol. The molecule has 2 atom stereocenters. The topological polar surface area (TPSA) is 95.9 Å². The number of aliphatic hydroxyl groups is 2. The number of hydrogen-bond donors (Lipinski definition) is 3. The van der Waals surface area contributed by atoms with E-state index in [1.165, 1.54) is 405 Å². The maximum Gasteiger partial charge on any atom is 0.305 e. The van der Waals surface area contributed by atoms with E-state index in [-0.39, 0.29) is 18.5 Å². The van der Waals surface area contributed by atoms with E-state index in [0.29, 0.717) is 25.9 Å². The number of ether oxygens (including phenoxy) is 1. The van der Waals surface area contributed by atoms with Gasteiger partial charge in [-0.15, -0.1) is 0 Å². The van der Waals surface area contributed by atoms with Crippen LogP contribution in [0.5, 0.6) is 0 Å². The van der Waals surface area contributed by atoms with Crippen molar-refractivity contribution in [1.82, 2.24) is 5.32 Å². The second kappa shape index (κ2) is 83.5. The molecule has 0 aliphatic heterocycles. The van der Waals surface area contributed by atoms with Gasteiger partial charge in [-0.05, 0) is 83.5 Å². The van der Waals surface area contributed by atoms with Gasteiger partial charge >= 0.3 is 5.97 Å². The van der Waals surface area contributed by atoms with Gasteiger partial charge in [0.1, 0.15) is 0 Å². The van der Waals surface area contributed by atoms with Gasteiger partial charge in [0, 0.05) is 12.8 Å². The highest BCUT2D eigenvalue weighted by Gasteiger charge is 2.20. The van der Waals surface area contributed by atoms with E-state index in [9.17, 15) is 19.8 Å². The molecule has 6 nitrogen and oxygen atoms in total. The number of nitrogens with one attached hydrogen (secondary N) is 1. The number of esters is 1. The minimum atomic E-state index is -0.663. The maximum absolute atomic E-state index is 12.6. The second-order valence-electron chi connectivity index (χ2n) is 29.9. The van der Waals surface area contributed by atoms with Gasteiger partial charge in [0.25, 0.3) is 0 Å². The lowest BCUT2D eigenvalue weighted by molar-refractivity contribution is -0.143. The molecule has 0 spiro atoms. The van der Waals surface area contributed by atoms with Gasteiger partial charge in [-0.25, -0.2) is 0 Å². The fourth-order valence-corrected chi connectivity index (χ4v) is 13.8. The molecule has 0 aliphatic rings. The third kappa shape index (κ3) is 79.1. The Bertz CT molecular complexity index is 1520. The largest absolute Gasteiger partial charge is 0.466 e. The molecule has 0 bridgehead atoms. The Labute approximate surface area is 589 Å². The molecule has 0 saturated heterocycles. The summed E-state index contributed by atoms with van der Waals surface area (Å²) in [6.07, 6.45) is 110. The highest BCUT2D eigenvalue weighted by atomic mass is 16.5. The molecule has 1 amide bonds. The predicted octanol–water partition coefficient (Wildman–Crippen LogP) is 28.9. The lowest BCUT2D eigenvalue weighted by Crippen LogP contribution is -2.45. The molecule has 0 aromatic heterocycles. The highest BCUT2D eigenvalue weighted by molar-refractivity contribution is 5.76. The Morgan fingerprint density at radius 3 is 0.840 bits per heavy atom. The second-order valence-corrected chi connectivity index (χ2v) is 29.9. The number of carbonyl (C=O) groups excluding carboxylic acids is 2. The number of carbonyl (C=O) groups is 2. The van der Waals surface area contributed by atoms with Gasteiger partial charge < -0.3 is 20.3 Å². The molecule has 0 aromatic carbocycles. The van der Waals surface area contributed by atoms with E-state index in [2.05, 4.69) is 55.6 Å². The van der Waals surface area contributed by atoms with Crippen molar-refractivity contribution in [1.29, 1.82) is 0 Å².